The predicted octanol–water partition coefficient (Wildman–Crippen LogP) is 3.25. The summed E-state index contributed by atoms with van der Waals surface area (Å²) < 4.78 is 1.96. The second kappa shape index (κ2) is 6.22. The molecule has 1 aromatic carbocycles. The van der Waals surface area contributed by atoms with Gasteiger partial charge < -0.3 is 5.32 Å². The predicted molar refractivity (Wildman–Crippen MR) is 84.1 cm³/mol. The molecule has 2 heterocycles. The molecule has 0 amide bonds. The summed E-state index contributed by atoms with van der Waals surface area (Å²) in [5, 5.41) is 7.75. The van der Waals surface area contributed by atoms with Crippen molar-refractivity contribution in [3.8, 4) is 0 Å². The fraction of sp³-hybridized carbons (Fsp3) is 0.176. The zero-order valence-corrected chi connectivity index (χ0v) is 12.0. The van der Waals surface area contributed by atoms with Crippen LogP contribution in [0.25, 0.3) is 0 Å². The lowest BCUT2D eigenvalue weighted by Crippen LogP contribution is -2.01. The number of pyridine rings is 1. The van der Waals surface area contributed by atoms with Gasteiger partial charge in [-0.3, -0.25) is 9.67 Å². The Balaban J connectivity index is 1.59. The van der Waals surface area contributed by atoms with Crippen LogP contribution in [0.2, 0.25) is 0 Å². The molecule has 3 rings (SSSR count). The number of aromatic nitrogens is 3. The highest BCUT2D eigenvalue weighted by atomic mass is 15.3. The third-order valence-electron chi connectivity index (χ3n) is 3.28. The van der Waals surface area contributed by atoms with Crippen LogP contribution < -0.4 is 5.32 Å². The number of rotatable bonds is 5. The van der Waals surface area contributed by atoms with Gasteiger partial charge in [-0.2, -0.15) is 5.10 Å². The molecule has 0 atom stereocenters. The van der Waals surface area contributed by atoms with Gasteiger partial charge >= 0.3 is 0 Å². The van der Waals surface area contributed by atoms with E-state index in [1.165, 1.54) is 5.56 Å². The molecule has 0 spiro atoms. The van der Waals surface area contributed by atoms with E-state index in [-0.39, 0.29) is 0 Å². The third-order valence-corrected chi connectivity index (χ3v) is 3.28. The number of hydrogen-bond acceptors (Lipinski definition) is 3. The third kappa shape index (κ3) is 3.69. The molecule has 0 bridgehead atoms. The van der Waals surface area contributed by atoms with Gasteiger partial charge in [-0.05, 0) is 24.6 Å². The maximum absolute atomic E-state index is 4.40. The van der Waals surface area contributed by atoms with Crippen molar-refractivity contribution >= 4 is 5.69 Å². The van der Waals surface area contributed by atoms with E-state index >= 15 is 0 Å². The van der Waals surface area contributed by atoms with E-state index in [1.807, 2.05) is 54.3 Å². The molecule has 0 unspecified atom stereocenters. The summed E-state index contributed by atoms with van der Waals surface area (Å²) >= 11 is 0. The van der Waals surface area contributed by atoms with Gasteiger partial charge in [-0.1, -0.05) is 30.3 Å². The first-order valence-corrected chi connectivity index (χ1v) is 7.01. The van der Waals surface area contributed by atoms with Crippen molar-refractivity contribution in [2.45, 2.75) is 20.0 Å². The van der Waals surface area contributed by atoms with Gasteiger partial charge in [0.1, 0.15) is 0 Å². The van der Waals surface area contributed by atoms with Crippen LogP contribution in [0.1, 0.15) is 16.8 Å². The summed E-state index contributed by atoms with van der Waals surface area (Å²) in [5.74, 6) is 0. The average molecular weight is 278 g/mol. The van der Waals surface area contributed by atoms with Gasteiger partial charge in [0.2, 0.25) is 0 Å². The maximum atomic E-state index is 4.40. The first-order valence-electron chi connectivity index (χ1n) is 7.01. The highest BCUT2D eigenvalue weighted by Crippen LogP contribution is 2.09. The second-order valence-corrected chi connectivity index (χ2v) is 5.07. The summed E-state index contributed by atoms with van der Waals surface area (Å²) in [4.78, 5) is 4.27. The molecule has 2 aromatic heterocycles. The molecule has 3 aromatic rings. The number of anilines is 1. The summed E-state index contributed by atoms with van der Waals surface area (Å²) in [6.45, 7) is 3.53. The van der Waals surface area contributed by atoms with E-state index in [2.05, 4.69) is 33.7 Å². The molecular formula is C17H18N4. The fourth-order valence-electron chi connectivity index (χ4n) is 2.13. The Labute approximate surface area is 124 Å². The SMILES string of the molecule is Cc1ccc(NCc2cnn(Cc3ccccc3)c2)cn1. The number of benzene rings is 1. The van der Waals surface area contributed by atoms with Crippen molar-refractivity contribution < 1.29 is 0 Å². The fourth-order valence-corrected chi connectivity index (χ4v) is 2.13. The molecule has 4 heteroatoms. The van der Waals surface area contributed by atoms with Crippen LogP contribution in [0.5, 0.6) is 0 Å². The van der Waals surface area contributed by atoms with Gasteiger partial charge in [0.15, 0.2) is 0 Å². The molecule has 0 fully saturated rings. The monoisotopic (exact) mass is 278 g/mol. The largest absolute Gasteiger partial charge is 0.380 e. The standard InChI is InChI=1S/C17H18N4/c1-14-7-8-17(11-18-14)19-9-16-10-20-21(13-16)12-15-5-3-2-4-6-15/h2-8,10-11,13,19H,9,12H2,1H3. The topological polar surface area (TPSA) is 42.7 Å². The van der Waals surface area contributed by atoms with Gasteiger partial charge in [-0.25, -0.2) is 0 Å². The Bertz CT molecular complexity index is 686. The quantitative estimate of drug-likeness (QED) is 0.779. The van der Waals surface area contributed by atoms with E-state index in [0.717, 1.165) is 30.0 Å². The first kappa shape index (κ1) is 13.4. The first-order chi connectivity index (χ1) is 10.3. The van der Waals surface area contributed by atoms with Crippen LogP contribution in [0.15, 0.2) is 61.1 Å². The van der Waals surface area contributed by atoms with Crippen LogP contribution in [0.4, 0.5) is 5.69 Å². The van der Waals surface area contributed by atoms with Crippen molar-refractivity contribution in [1.82, 2.24) is 14.8 Å². The molecule has 0 radical (unpaired) electrons. The Hall–Kier alpha value is -2.62. The molecule has 0 aliphatic carbocycles. The van der Waals surface area contributed by atoms with Crippen LogP contribution in [-0.2, 0) is 13.1 Å². The van der Waals surface area contributed by atoms with Crippen molar-refractivity contribution in [3.05, 3.63) is 77.9 Å². The van der Waals surface area contributed by atoms with Crippen molar-refractivity contribution in [2.75, 3.05) is 5.32 Å². The minimum atomic E-state index is 0.750. The second-order valence-electron chi connectivity index (χ2n) is 5.07. The zero-order chi connectivity index (χ0) is 14.5. The van der Waals surface area contributed by atoms with E-state index < -0.39 is 0 Å². The lowest BCUT2D eigenvalue weighted by Gasteiger charge is -2.04. The normalized spacial score (nSPS) is 10.5. The van der Waals surface area contributed by atoms with Gasteiger partial charge in [0.05, 0.1) is 24.6 Å². The summed E-state index contributed by atoms with van der Waals surface area (Å²) in [7, 11) is 0. The Morgan fingerprint density at radius 2 is 1.86 bits per heavy atom. The van der Waals surface area contributed by atoms with Crippen molar-refractivity contribution in [3.63, 3.8) is 0 Å². The highest BCUT2D eigenvalue weighted by molar-refractivity contribution is 5.41. The molecule has 106 valence electrons. The molecule has 21 heavy (non-hydrogen) atoms. The van der Waals surface area contributed by atoms with Crippen molar-refractivity contribution in [1.29, 1.82) is 0 Å². The number of nitrogens with zero attached hydrogens (tertiary/aromatic N) is 3. The lowest BCUT2D eigenvalue weighted by molar-refractivity contribution is 0.686. The van der Waals surface area contributed by atoms with Crippen LogP contribution in [-0.4, -0.2) is 14.8 Å². The number of aryl methyl sites for hydroxylation is 1. The summed E-state index contributed by atoms with van der Waals surface area (Å²) in [5.41, 5.74) is 4.46. The summed E-state index contributed by atoms with van der Waals surface area (Å²) in [6.07, 6.45) is 5.82. The van der Waals surface area contributed by atoms with E-state index in [9.17, 15) is 0 Å². The molecule has 0 aliphatic rings. The van der Waals surface area contributed by atoms with Crippen LogP contribution in [0.3, 0.4) is 0 Å². The summed E-state index contributed by atoms with van der Waals surface area (Å²) in [6, 6.07) is 14.4. The van der Waals surface area contributed by atoms with Crippen LogP contribution in [0, 0.1) is 6.92 Å². The number of nitrogens with one attached hydrogen (secondary N) is 1. The average Bonchev–Trinajstić information content (AvgIpc) is 2.95. The van der Waals surface area contributed by atoms with Gasteiger partial charge in [-0.15, -0.1) is 0 Å². The van der Waals surface area contributed by atoms with E-state index in [4.69, 9.17) is 0 Å². The van der Waals surface area contributed by atoms with Crippen molar-refractivity contribution in [2.24, 2.45) is 0 Å². The lowest BCUT2D eigenvalue weighted by atomic mass is 10.2. The van der Waals surface area contributed by atoms with Gasteiger partial charge in [0.25, 0.3) is 0 Å². The molecular weight excluding hydrogens is 260 g/mol. The maximum Gasteiger partial charge on any atom is 0.0659 e. The molecule has 0 saturated carbocycles. The smallest absolute Gasteiger partial charge is 0.0659 e. The molecule has 1 N–H and O–H groups in total. The Morgan fingerprint density at radius 3 is 2.62 bits per heavy atom. The molecule has 4 nitrogen and oxygen atoms in total. The number of hydrogen-bond donors (Lipinski definition) is 1. The molecule has 0 saturated heterocycles. The van der Waals surface area contributed by atoms with Gasteiger partial charge in [0, 0.05) is 24.0 Å². The van der Waals surface area contributed by atoms with E-state index in [0.29, 0.717) is 0 Å². The van der Waals surface area contributed by atoms with E-state index in [1.54, 1.807) is 0 Å². The Morgan fingerprint density at radius 1 is 1.00 bits per heavy atom. The Kier molecular flexibility index (Phi) is 3.96. The minimum absolute atomic E-state index is 0.750. The van der Waals surface area contributed by atoms with Crippen LogP contribution >= 0.6 is 0 Å². The zero-order valence-electron chi connectivity index (χ0n) is 12.0. The highest BCUT2D eigenvalue weighted by Gasteiger charge is 2.00. The minimum Gasteiger partial charge on any atom is -0.380 e. The molecule has 0 aliphatic heterocycles.